The summed E-state index contributed by atoms with van der Waals surface area (Å²) in [5.41, 5.74) is 2.30. The van der Waals surface area contributed by atoms with E-state index in [1.807, 2.05) is 13.0 Å². The van der Waals surface area contributed by atoms with Crippen LogP contribution >= 0.6 is 0 Å². The first-order valence-electron chi connectivity index (χ1n) is 4.38. The SMILES string of the molecule is Cc1ccc(-c2cc(C(=O)O)[nH]n2)nc1. The maximum atomic E-state index is 10.6. The van der Waals surface area contributed by atoms with E-state index in [4.69, 9.17) is 5.11 Å². The number of pyridine rings is 1. The van der Waals surface area contributed by atoms with Gasteiger partial charge in [-0.2, -0.15) is 5.10 Å². The summed E-state index contributed by atoms with van der Waals surface area (Å²) in [7, 11) is 0. The Morgan fingerprint density at radius 3 is 2.73 bits per heavy atom. The lowest BCUT2D eigenvalue weighted by atomic mass is 10.2. The van der Waals surface area contributed by atoms with Gasteiger partial charge in [-0.3, -0.25) is 10.1 Å². The number of carbonyl (C=O) groups is 1. The van der Waals surface area contributed by atoms with Crippen molar-refractivity contribution < 1.29 is 9.90 Å². The summed E-state index contributed by atoms with van der Waals surface area (Å²) in [6.07, 6.45) is 1.71. The quantitative estimate of drug-likeness (QED) is 0.774. The van der Waals surface area contributed by atoms with Crippen molar-refractivity contribution in [3.63, 3.8) is 0 Å². The standard InChI is InChI=1S/C10H9N3O2/c1-6-2-3-7(11-5-6)8-4-9(10(14)15)13-12-8/h2-5H,1H3,(H,12,13)(H,14,15). The molecular formula is C10H9N3O2. The van der Waals surface area contributed by atoms with E-state index >= 15 is 0 Å². The molecule has 0 unspecified atom stereocenters. The molecular weight excluding hydrogens is 194 g/mol. The molecule has 0 aliphatic carbocycles. The lowest BCUT2D eigenvalue weighted by Crippen LogP contribution is -1.95. The molecule has 5 heteroatoms. The van der Waals surface area contributed by atoms with Gasteiger partial charge in [0.05, 0.1) is 5.69 Å². The van der Waals surface area contributed by atoms with Gasteiger partial charge in [0.25, 0.3) is 0 Å². The molecule has 0 bridgehead atoms. The number of hydrogen-bond acceptors (Lipinski definition) is 3. The molecule has 0 spiro atoms. The van der Waals surface area contributed by atoms with E-state index in [1.54, 1.807) is 12.3 Å². The molecule has 0 atom stereocenters. The Labute approximate surface area is 85.8 Å². The lowest BCUT2D eigenvalue weighted by molar-refractivity contribution is 0.0690. The average molecular weight is 203 g/mol. The molecule has 0 aromatic carbocycles. The molecule has 0 aliphatic rings. The fraction of sp³-hybridized carbons (Fsp3) is 0.100. The van der Waals surface area contributed by atoms with Crippen LogP contribution in [-0.2, 0) is 0 Å². The van der Waals surface area contributed by atoms with Crippen molar-refractivity contribution in [3.05, 3.63) is 35.7 Å². The van der Waals surface area contributed by atoms with Crippen LogP contribution in [-0.4, -0.2) is 26.3 Å². The zero-order valence-corrected chi connectivity index (χ0v) is 8.06. The number of carboxylic acids is 1. The molecule has 2 heterocycles. The third-order valence-corrected chi connectivity index (χ3v) is 1.98. The molecule has 2 aromatic heterocycles. The van der Waals surface area contributed by atoms with E-state index in [0.717, 1.165) is 5.56 Å². The van der Waals surface area contributed by atoms with E-state index in [0.29, 0.717) is 11.4 Å². The molecule has 0 aliphatic heterocycles. The van der Waals surface area contributed by atoms with Crippen LogP contribution in [0.5, 0.6) is 0 Å². The van der Waals surface area contributed by atoms with E-state index in [9.17, 15) is 4.79 Å². The molecule has 2 rings (SSSR count). The van der Waals surface area contributed by atoms with E-state index in [1.165, 1.54) is 6.07 Å². The van der Waals surface area contributed by atoms with Gasteiger partial charge in [0.15, 0.2) is 0 Å². The Kier molecular flexibility index (Phi) is 2.21. The highest BCUT2D eigenvalue weighted by molar-refractivity contribution is 5.86. The summed E-state index contributed by atoms with van der Waals surface area (Å²) >= 11 is 0. The zero-order valence-electron chi connectivity index (χ0n) is 8.06. The molecule has 0 fully saturated rings. The van der Waals surface area contributed by atoms with Crippen LogP contribution in [0.3, 0.4) is 0 Å². The molecule has 76 valence electrons. The van der Waals surface area contributed by atoms with Crippen LogP contribution in [0.2, 0.25) is 0 Å². The molecule has 2 aromatic rings. The number of aromatic amines is 1. The number of aryl methyl sites for hydroxylation is 1. The Balaban J connectivity index is 2.37. The first-order chi connectivity index (χ1) is 7.16. The average Bonchev–Trinajstić information content (AvgIpc) is 2.68. The van der Waals surface area contributed by atoms with Crippen LogP contribution in [0, 0.1) is 6.92 Å². The summed E-state index contributed by atoms with van der Waals surface area (Å²) in [6, 6.07) is 5.16. The van der Waals surface area contributed by atoms with Crippen molar-refractivity contribution in [2.75, 3.05) is 0 Å². The van der Waals surface area contributed by atoms with Crippen molar-refractivity contribution >= 4 is 5.97 Å². The normalized spacial score (nSPS) is 10.2. The van der Waals surface area contributed by atoms with E-state index in [-0.39, 0.29) is 5.69 Å². The number of hydrogen-bond donors (Lipinski definition) is 2. The zero-order chi connectivity index (χ0) is 10.8. The van der Waals surface area contributed by atoms with Crippen molar-refractivity contribution in [3.8, 4) is 11.4 Å². The smallest absolute Gasteiger partial charge is 0.353 e. The molecule has 0 amide bonds. The Bertz CT molecular complexity index is 488. The van der Waals surface area contributed by atoms with Crippen LogP contribution in [0.25, 0.3) is 11.4 Å². The molecule has 0 saturated heterocycles. The third kappa shape index (κ3) is 1.85. The minimum Gasteiger partial charge on any atom is -0.477 e. The summed E-state index contributed by atoms with van der Waals surface area (Å²) in [5, 5.41) is 15.0. The third-order valence-electron chi connectivity index (χ3n) is 1.98. The van der Waals surface area contributed by atoms with Gasteiger partial charge < -0.3 is 5.11 Å². The molecule has 15 heavy (non-hydrogen) atoms. The number of nitrogens with zero attached hydrogens (tertiary/aromatic N) is 2. The molecule has 2 N–H and O–H groups in total. The number of H-pyrrole nitrogens is 1. The van der Waals surface area contributed by atoms with Crippen molar-refractivity contribution in [2.45, 2.75) is 6.92 Å². The highest BCUT2D eigenvalue weighted by atomic mass is 16.4. The largest absolute Gasteiger partial charge is 0.477 e. The Morgan fingerprint density at radius 2 is 2.20 bits per heavy atom. The fourth-order valence-corrected chi connectivity index (χ4v) is 1.18. The number of nitrogens with one attached hydrogen (secondary N) is 1. The predicted octanol–water partition coefficient (Wildman–Crippen LogP) is 1.48. The maximum Gasteiger partial charge on any atom is 0.353 e. The lowest BCUT2D eigenvalue weighted by Gasteiger charge is -1.94. The van der Waals surface area contributed by atoms with E-state index in [2.05, 4.69) is 15.2 Å². The van der Waals surface area contributed by atoms with Gasteiger partial charge in [0.2, 0.25) is 0 Å². The second-order valence-electron chi connectivity index (χ2n) is 3.19. The fourth-order valence-electron chi connectivity index (χ4n) is 1.18. The summed E-state index contributed by atoms with van der Waals surface area (Å²) in [5.74, 6) is -1.03. The van der Waals surface area contributed by atoms with Gasteiger partial charge in [0.1, 0.15) is 11.4 Å². The number of carboxylic acid groups (broad SMARTS) is 1. The minimum absolute atomic E-state index is 0.0624. The van der Waals surface area contributed by atoms with Crippen molar-refractivity contribution in [1.29, 1.82) is 0 Å². The topological polar surface area (TPSA) is 78.9 Å². The summed E-state index contributed by atoms with van der Waals surface area (Å²) < 4.78 is 0. The summed E-state index contributed by atoms with van der Waals surface area (Å²) in [4.78, 5) is 14.8. The maximum absolute atomic E-state index is 10.6. The Hall–Kier alpha value is -2.17. The van der Waals surface area contributed by atoms with Crippen molar-refractivity contribution in [1.82, 2.24) is 15.2 Å². The van der Waals surface area contributed by atoms with Crippen LogP contribution in [0.1, 0.15) is 16.1 Å². The highest BCUT2D eigenvalue weighted by Gasteiger charge is 2.09. The predicted molar refractivity (Wildman–Crippen MR) is 53.5 cm³/mol. The second-order valence-corrected chi connectivity index (χ2v) is 3.19. The van der Waals surface area contributed by atoms with Crippen molar-refractivity contribution in [2.24, 2.45) is 0 Å². The first-order valence-corrected chi connectivity index (χ1v) is 4.38. The number of rotatable bonds is 2. The van der Waals surface area contributed by atoms with E-state index < -0.39 is 5.97 Å². The van der Waals surface area contributed by atoms with Gasteiger partial charge in [-0.15, -0.1) is 0 Å². The molecule has 0 saturated carbocycles. The Morgan fingerprint density at radius 1 is 1.40 bits per heavy atom. The second kappa shape index (κ2) is 3.53. The highest BCUT2D eigenvalue weighted by Crippen LogP contribution is 2.14. The van der Waals surface area contributed by atoms with Gasteiger partial charge >= 0.3 is 5.97 Å². The molecule has 0 radical (unpaired) electrons. The van der Waals surface area contributed by atoms with Gasteiger partial charge in [-0.1, -0.05) is 6.07 Å². The minimum atomic E-state index is -1.03. The first kappa shape index (κ1) is 9.39. The van der Waals surface area contributed by atoms with Gasteiger partial charge in [0, 0.05) is 12.3 Å². The molecule has 5 nitrogen and oxygen atoms in total. The number of aromatic carboxylic acids is 1. The van der Waals surface area contributed by atoms with Crippen LogP contribution in [0.15, 0.2) is 24.4 Å². The summed E-state index contributed by atoms with van der Waals surface area (Å²) in [6.45, 7) is 1.93. The number of aromatic nitrogens is 3. The van der Waals surface area contributed by atoms with Gasteiger partial charge in [-0.25, -0.2) is 4.79 Å². The van der Waals surface area contributed by atoms with Gasteiger partial charge in [-0.05, 0) is 18.6 Å². The monoisotopic (exact) mass is 203 g/mol. The van der Waals surface area contributed by atoms with Crippen LogP contribution < -0.4 is 0 Å². The van der Waals surface area contributed by atoms with Crippen LogP contribution in [0.4, 0.5) is 0 Å².